The Labute approximate surface area is 163 Å². The van der Waals surface area contributed by atoms with Crippen molar-refractivity contribution >= 4 is 37.2 Å². The van der Waals surface area contributed by atoms with Crippen LogP contribution in [0.4, 0.5) is 5.69 Å². The first-order valence-electron chi connectivity index (χ1n) is 8.20. The van der Waals surface area contributed by atoms with Crippen molar-refractivity contribution in [1.82, 2.24) is 0 Å². The number of thiophene rings is 1. The number of hydrogen-bond acceptors (Lipinski definition) is 5. The van der Waals surface area contributed by atoms with E-state index in [2.05, 4.69) is 6.07 Å². The van der Waals surface area contributed by atoms with E-state index in [1.165, 1.54) is 0 Å². The van der Waals surface area contributed by atoms with Crippen molar-refractivity contribution in [2.75, 3.05) is 12.0 Å². The molecular formula is C21H19NO3S2. The molecule has 4 rings (SSSR count). The average molecular weight is 398 g/mol. The van der Waals surface area contributed by atoms with E-state index in [0.717, 1.165) is 32.5 Å². The van der Waals surface area contributed by atoms with Gasteiger partial charge in [-0.25, -0.2) is 0 Å². The van der Waals surface area contributed by atoms with Crippen LogP contribution in [0, 0.1) is 0 Å². The summed E-state index contributed by atoms with van der Waals surface area (Å²) in [6, 6.07) is 26.9. The molecule has 0 spiro atoms. The molecule has 6 heteroatoms. The fourth-order valence-corrected chi connectivity index (χ4v) is 4.00. The monoisotopic (exact) mass is 397 g/mol. The van der Waals surface area contributed by atoms with Crippen LogP contribution in [-0.4, -0.2) is 14.7 Å². The second-order valence-corrected chi connectivity index (χ2v) is 8.53. The van der Waals surface area contributed by atoms with Crippen LogP contribution in [0.1, 0.15) is 0 Å². The Morgan fingerprint density at radius 2 is 1.44 bits per heavy atom. The van der Waals surface area contributed by atoms with Gasteiger partial charge in [0, 0.05) is 15.3 Å². The first-order valence-corrected chi connectivity index (χ1v) is 10.8. The highest BCUT2D eigenvalue weighted by molar-refractivity contribution is 7.86. The van der Waals surface area contributed by atoms with Crippen molar-refractivity contribution in [3.63, 3.8) is 0 Å². The van der Waals surface area contributed by atoms with Crippen LogP contribution in [-0.2, 0) is 10.1 Å². The van der Waals surface area contributed by atoms with Gasteiger partial charge >= 0.3 is 10.1 Å². The summed E-state index contributed by atoms with van der Waals surface area (Å²) in [5.41, 5.74) is 7.54. The molecule has 0 saturated carbocycles. The van der Waals surface area contributed by atoms with Crippen molar-refractivity contribution in [3.05, 3.63) is 84.9 Å². The molecule has 2 N–H and O–H groups in total. The molecule has 1 heterocycles. The van der Waals surface area contributed by atoms with Crippen molar-refractivity contribution in [3.8, 4) is 16.2 Å². The molecule has 27 heavy (non-hydrogen) atoms. The molecule has 138 valence electrons. The van der Waals surface area contributed by atoms with Gasteiger partial charge < -0.3 is 9.92 Å². The molecular weight excluding hydrogens is 378 g/mol. The van der Waals surface area contributed by atoms with Crippen LogP contribution in [0.25, 0.3) is 20.5 Å². The fraction of sp³-hybridized carbons (Fsp3) is 0.0476. The van der Waals surface area contributed by atoms with Gasteiger partial charge in [0.15, 0.2) is 0 Å². The lowest BCUT2D eigenvalue weighted by Crippen LogP contribution is -2.05. The number of benzene rings is 3. The second kappa shape index (κ2) is 8.24. The highest BCUT2D eigenvalue weighted by Crippen LogP contribution is 2.35. The predicted molar refractivity (Wildman–Crippen MR) is 114 cm³/mol. The van der Waals surface area contributed by atoms with Gasteiger partial charge in [-0.05, 0) is 53.4 Å². The van der Waals surface area contributed by atoms with Gasteiger partial charge in [0.25, 0.3) is 0 Å². The van der Waals surface area contributed by atoms with Gasteiger partial charge in [-0.2, -0.15) is 8.42 Å². The molecule has 0 aliphatic rings. The maximum Gasteiger partial charge on any atom is 0.306 e. The van der Waals surface area contributed by atoms with Crippen molar-refractivity contribution < 1.29 is 12.6 Å². The number of fused-ring (bicyclic) bond motifs is 1. The molecule has 3 aromatic carbocycles. The summed E-state index contributed by atoms with van der Waals surface area (Å²) >= 11 is 1.64. The number of rotatable bonds is 3. The fourth-order valence-electron chi connectivity index (χ4n) is 2.42. The van der Waals surface area contributed by atoms with Crippen LogP contribution in [0.3, 0.4) is 0 Å². The SMILES string of the molecule is CS(=O)(=O)Oc1ccc(-c2cc3ccc(N)cc3s2)cc1.c1ccccc1. The number of hydrogen-bond donors (Lipinski definition) is 1. The Morgan fingerprint density at radius 1 is 0.852 bits per heavy atom. The number of nitrogen functional groups attached to an aromatic ring is 1. The third-order valence-corrected chi connectivity index (χ3v) is 5.24. The Hall–Kier alpha value is -2.83. The minimum absolute atomic E-state index is 0.312. The minimum atomic E-state index is -3.49. The zero-order chi connectivity index (χ0) is 19.3. The summed E-state index contributed by atoms with van der Waals surface area (Å²) in [7, 11) is -3.49. The Kier molecular flexibility index (Phi) is 5.78. The van der Waals surface area contributed by atoms with Gasteiger partial charge in [-0.3, -0.25) is 0 Å². The second-order valence-electron chi connectivity index (χ2n) is 5.87. The summed E-state index contributed by atoms with van der Waals surface area (Å²) in [6.07, 6.45) is 1.03. The van der Waals surface area contributed by atoms with E-state index in [0.29, 0.717) is 5.75 Å². The summed E-state index contributed by atoms with van der Waals surface area (Å²) in [5, 5.41) is 1.14. The first kappa shape index (κ1) is 18.9. The van der Waals surface area contributed by atoms with E-state index in [4.69, 9.17) is 9.92 Å². The minimum Gasteiger partial charge on any atom is -0.399 e. The standard InChI is InChI=1S/C15H13NO3S2.C6H6/c1-21(17,18)19-13-6-3-10(4-7-13)14-8-11-2-5-12(16)9-15(11)20-14;1-2-4-6-5-3-1/h2-9H,16H2,1H3;1-6H. The molecule has 0 amide bonds. The summed E-state index contributed by atoms with van der Waals surface area (Å²) in [4.78, 5) is 1.10. The summed E-state index contributed by atoms with van der Waals surface area (Å²) in [6.45, 7) is 0. The van der Waals surface area contributed by atoms with Crippen LogP contribution in [0.5, 0.6) is 5.75 Å². The highest BCUT2D eigenvalue weighted by atomic mass is 32.2. The molecule has 0 bridgehead atoms. The maximum absolute atomic E-state index is 11.1. The van der Waals surface area contributed by atoms with Gasteiger partial charge in [0.1, 0.15) is 5.75 Å². The molecule has 1 aromatic heterocycles. The average Bonchev–Trinajstić information content (AvgIpc) is 3.06. The van der Waals surface area contributed by atoms with E-state index in [1.54, 1.807) is 23.5 Å². The molecule has 0 fully saturated rings. The molecule has 0 saturated heterocycles. The maximum atomic E-state index is 11.1. The summed E-state index contributed by atoms with van der Waals surface area (Å²) < 4.78 is 28.1. The molecule has 0 atom stereocenters. The van der Waals surface area contributed by atoms with Gasteiger partial charge in [-0.15, -0.1) is 11.3 Å². The first-order chi connectivity index (χ1) is 12.9. The Bertz CT molecular complexity index is 1090. The topological polar surface area (TPSA) is 69.4 Å². The Balaban J connectivity index is 0.000000299. The Morgan fingerprint density at radius 3 is 2.00 bits per heavy atom. The lowest BCUT2D eigenvalue weighted by molar-refractivity contribution is 0.493. The molecule has 0 aliphatic carbocycles. The normalized spacial score (nSPS) is 10.9. The third-order valence-electron chi connectivity index (χ3n) is 3.60. The van der Waals surface area contributed by atoms with Gasteiger partial charge in [0.2, 0.25) is 0 Å². The zero-order valence-corrected chi connectivity index (χ0v) is 16.3. The van der Waals surface area contributed by atoms with Gasteiger partial charge in [-0.1, -0.05) is 42.5 Å². The van der Waals surface area contributed by atoms with Crippen LogP contribution in [0.2, 0.25) is 0 Å². The van der Waals surface area contributed by atoms with E-state index in [9.17, 15) is 8.42 Å². The third kappa shape index (κ3) is 5.57. The smallest absolute Gasteiger partial charge is 0.306 e. The lowest BCUT2D eigenvalue weighted by atomic mass is 10.1. The summed E-state index contributed by atoms with van der Waals surface area (Å²) in [5.74, 6) is 0.312. The molecule has 0 unspecified atom stereocenters. The molecule has 0 radical (unpaired) electrons. The van der Waals surface area contributed by atoms with Crippen LogP contribution in [0.15, 0.2) is 84.9 Å². The molecule has 4 nitrogen and oxygen atoms in total. The number of nitrogens with two attached hydrogens (primary N) is 1. The quantitative estimate of drug-likeness (QED) is 0.382. The van der Waals surface area contributed by atoms with E-state index in [-0.39, 0.29) is 0 Å². The highest BCUT2D eigenvalue weighted by Gasteiger charge is 2.07. The van der Waals surface area contributed by atoms with E-state index < -0.39 is 10.1 Å². The van der Waals surface area contributed by atoms with Crippen molar-refractivity contribution in [1.29, 1.82) is 0 Å². The van der Waals surface area contributed by atoms with Crippen LogP contribution >= 0.6 is 11.3 Å². The lowest BCUT2D eigenvalue weighted by Gasteiger charge is -2.03. The zero-order valence-electron chi connectivity index (χ0n) is 14.7. The van der Waals surface area contributed by atoms with Gasteiger partial charge in [0.05, 0.1) is 6.26 Å². The largest absolute Gasteiger partial charge is 0.399 e. The predicted octanol–water partition coefficient (Wildman–Crippen LogP) is 5.18. The van der Waals surface area contributed by atoms with Crippen molar-refractivity contribution in [2.24, 2.45) is 0 Å². The molecule has 0 aliphatic heterocycles. The molecule has 4 aromatic rings. The number of anilines is 1. The van der Waals surface area contributed by atoms with Crippen molar-refractivity contribution in [2.45, 2.75) is 0 Å². The van der Waals surface area contributed by atoms with Crippen LogP contribution < -0.4 is 9.92 Å². The van der Waals surface area contributed by atoms with E-state index >= 15 is 0 Å². The van der Waals surface area contributed by atoms with E-state index in [1.807, 2.05) is 66.7 Å².